The van der Waals surface area contributed by atoms with Gasteiger partial charge < -0.3 is 14.6 Å². The molecule has 21 heavy (non-hydrogen) atoms. The van der Waals surface area contributed by atoms with Crippen LogP contribution >= 0.6 is 0 Å². The fourth-order valence-electron chi connectivity index (χ4n) is 3.30. The fourth-order valence-corrected chi connectivity index (χ4v) is 3.30. The van der Waals surface area contributed by atoms with Gasteiger partial charge in [-0.2, -0.15) is 4.98 Å². The molecule has 1 aromatic rings. The van der Waals surface area contributed by atoms with Crippen LogP contribution in [0.1, 0.15) is 57.9 Å². The minimum atomic E-state index is -0.127. The summed E-state index contributed by atoms with van der Waals surface area (Å²) in [7, 11) is 0. The van der Waals surface area contributed by atoms with Crippen LogP contribution in [0.25, 0.3) is 0 Å². The Morgan fingerprint density at radius 3 is 3.00 bits per heavy atom. The third-order valence-corrected chi connectivity index (χ3v) is 4.81. The van der Waals surface area contributed by atoms with Gasteiger partial charge in [0.05, 0.1) is 12.1 Å². The number of aromatic nitrogens is 2. The lowest BCUT2D eigenvalue weighted by atomic mass is 9.94. The van der Waals surface area contributed by atoms with Crippen LogP contribution in [0.15, 0.2) is 4.52 Å². The lowest BCUT2D eigenvalue weighted by molar-refractivity contribution is -0.0450. The van der Waals surface area contributed by atoms with Gasteiger partial charge in [0.25, 0.3) is 0 Å². The first-order chi connectivity index (χ1) is 10.1. The summed E-state index contributed by atoms with van der Waals surface area (Å²) >= 11 is 0. The van der Waals surface area contributed by atoms with Crippen molar-refractivity contribution in [3.8, 4) is 0 Å². The molecule has 0 saturated carbocycles. The van der Waals surface area contributed by atoms with Crippen LogP contribution in [0, 0.1) is 0 Å². The van der Waals surface area contributed by atoms with Crippen molar-refractivity contribution >= 4 is 0 Å². The maximum Gasteiger partial charge on any atom is 0.247 e. The van der Waals surface area contributed by atoms with Gasteiger partial charge in [-0.15, -0.1) is 0 Å². The molecule has 2 aliphatic heterocycles. The maximum absolute atomic E-state index is 5.84. The van der Waals surface area contributed by atoms with Crippen LogP contribution in [-0.4, -0.2) is 47.3 Å². The molecule has 0 amide bonds. The van der Waals surface area contributed by atoms with Crippen molar-refractivity contribution < 1.29 is 9.26 Å². The van der Waals surface area contributed by atoms with Crippen molar-refractivity contribution in [3.05, 3.63) is 11.7 Å². The highest BCUT2D eigenvalue weighted by atomic mass is 16.5. The molecule has 0 aliphatic carbocycles. The van der Waals surface area contributed by atoms with Gasteiger partial charge in [0.15, 0.2) is 0 Å². The number of hydrogen-bond acceptors (Lipinski definition) is 6. The highest BCUT2D eigenvalue weighted by Gasteiger charge is 2.40. The lowest BCUT2D eigenvalue weighted by Crippen LogP contribution is -2.42. The van der Waals surface area contributed by atoms with E-state index in [2.05, 4.69) is 41.1 Å². The smallest absolute Gasteiger partial charge is 0.247 e. The Morgan fingerprint density at radius 1 is 1.48 bits per heavy atom. The molecule has 2 atom stereocenters. The predicted octanol–water partition coefficient (Wildman–Crippen LogP) is 1.84. The van der Waals surface area contributed by atoms with Gasteiger partial charge >= 0.3 is 0 Å². The van der Waals surface area contributed by atoms with E-state index in [-0.39, 0.29) is 11.6 Å². The van der Waals surface area contributed by atoms with E-state index in [1.807, 2.05) is 0 Å². The Hall–Kier alpha value is -0.980. The molecular weight excluding hydrogens is 268 g/mol. The van der Waals surface area contributed by atoms with Crippen molar-refractivity contribution in [3.63, 3.8) is 0 Å². The van der Waals surface area contributed by atoms with Crippen molar-refractivity contribution in [1.29, 1.82) is 0 Å². The van der Waals surface area contributed by atoms with E-state index < -0.39 is 0 Å². The largest absolute Gasteiger partial charge is 0.367 e. The molecule has 3 heterocycles. The van der Waals surface area contributed by atoms with Gasteiger partial charge in [0, 0.05) is 19.1 Å². The molecule has 2 aliphatic rings. The zero-order valence-corrected chi connectivity index (χ0v) is 13.3. The van der Waals surface area contributed by atoms with Crippen molar-refractivity contribution in [2.45, 2.75) is 57.7 Å². The molecule has 1 N–H and O–H groups in total. The third kappa shape index (κ3) is 2.84. The Bertz CT molecular complexity index is 468. The van der Waals surface area contributed by atoms with E-state index in [9.17, 15) is 0 Å². The zero-order valence-electron chi connectivity index (χ0n) is 13.3. The minimum Gasteiger partial charge on any atom is -0.367 e. The average molecular weight is 294 g/mol. The molecule has 2 fully saturated rings. The molecule has 1 aromatic heterocycles. The third-order valence-electron chi connectivity index (χ3n) is 4.81. The normalized spacial score (nSPS) is 31.1. The molecule has 0 bridgehead atoms. The summed E-state index contributed by atoms with van der Waals surface area (Å²) in [6, 6.07) is 0.515. The molecule has 118 valence electrons. The number of nitrogens with one attached hydrogen (secondary N) is 1. The standard InChI is InChI=1S/C15H26N4O2/c1-4-15(6-5-7-16-15)14-17-13(18-21-14)12-10-19(11(2)3)8-9-20-12/h11-12,16H,4-10H2,1-3H3. The number of morpholine rings is 1. The monoisotopic (exact) mass is 294 g/mol. The van der Waals surface area contributed by atoms with Gasteiger partial charge in [0.2, 0.25) is 11.7 Å². The van der Waals surface area contributed by atoms with Crippen LogP contribution < -0.4 is 5.32 Å². The van der Waals surface area contributed by atoms with Crippen LogP contribution in [0.5, 0.6) is 0 Å². The molecule has 0 radical (unpaired) electrons. The second kappa shape index (κ2) is 6.02. The molecule has 6 heteroatoms. The van der Waals surface area contributed by atoms with Crippen molar-refractivity contribution in [1.82, 2.24) is 20.4 Å². The summed E-state index contributed by atoms with van der Waals surface area (Å²) in [5.41, 5.74) is -0.127. The molecule has 2 saturated heterocycles. The second-order valence-corrected chi connectivity index (χ2v) is 6.37. The van der Waals surface area contributed by atoms with Crippen LogP contribution in [-0.2, 0) is 10.3 Å². The molecule has 2 unspecified atom stereocenters. The van der Waals surface area contributed by atoms with E-state index in [1.165, 1.54) is 0 Å². The van der Waals surface area contributed by atoms with E-state index in [1.54, 1.807) is 0 Å². The molecule has 6 nitrogen and oxygen atoms in total. The van der Waals surface area contributed by atoms with Crippen molar-refractivity contribution in [2.24, 2.45) is 0 Å². The Morgan fingerprint density at radius 2 is 2.33 bits per heavy atom. The van der Waals surface area contributed by atoms with E-state index in [0.717, 1.165) is 51.4 Å². The number of nitrogens with zero attached hydrogens (tertiary/aromatic N) is 3. The highest BCUT2D eigenvalue weighted by Crippen LogP contribution is 2.33. The van der Waals surface area contributed by atoms with Gasteiger partial charge in [-0.05, 0) is 39.7 Å². The van der Waals surface area contributed by atoms with E-state index in [4.69, 9.17) is 9.26 Å². The SMILES string of the molecule is CCC1(c2nc(C3CN(C(C)C)CCO3)no2)CCCN1. The number of ether oxygens (including phenoxy) is 1. The van der Waals surface area contributed by atoms with Crippen LogP contribution in [0.2, 0.25) is 0 Å². The quantitative estimate of drug-likeness (QED) is 0.914. The maximum atomic E-state index is 5.84. The molecule has 0 spiro atoms. The Balaban J connectivity index is 1.75. The zero-order chi connectivity index (χ0) is 14.9. The van der Waals surface area contributed by atoms with Gasteiger partial charge in [0.1, 0.15) is 6.10 Å². The Kier molecular flexibility index (Phi) is 4.28. The van der Waals surface area contributed by atoms with Crippen LogP contribution in [0.4, 0.5) is 0 Å². The molecular formula is C15H26N4O2. The highest BCUT2D eigenvalue weighted by molar-refractivity contribution is 5.07. The average Bonchev–Trinajstić information content (AvgIpc) is 3.17. The number of hydrogen-bond donors (Lipinski definition) is 1. The molecule has 3 rings (SSSR count). The first kappa shape index (κ1) is 14.9. The summed E-state index contributed by atoms with van der Waals surface area (Å²) in [6.07, 6.45) is 3.12. The van der Waals surface area contributed by atoms with E-state index >= 15 is 0 Å². The predicted molar refractivity (Wildman–Crippen MR) is 78.9 cm³/mol. The number of rotatable bonds is 4. The summed E-state index contributed by atoms with van der Waals surface area (Å²) < 4.78 is 11.4. The van der Waals surface area contributed by atoms with Gasteiger partial charge in [-0.1, -0.05) is 12.1 Å². The summed E-state index contributed by atoms with van der Waals surface area (Å²) in [6.45, 7) is 10.1. The lowest BCUT2D eigenvalue weighted by Gasteiger charge is -2.34. The molecule has 0 aromatic carbocycles. The second-order valence-electron chi connectivity index (χ2n) is 6.37. The fraction of sp³-hybridized carbons (Fsp3) is 0.867. The minimum absolute atomic E-state index is 0.0750. The van der Waals surface area contributed by atoms with E-state index in [0.29, 0.717) is 11.9 Å². The summed E-state index contributed by atoms with van der Waals surface area (Å²) in [5, 5.41) is 7.73. The van der Waals surface area contributed by atoms with Crippen molar-refractivity contribution in [2.75, 3.05) is 26.2 Å². The van der Waals surface area contributed by atoms with Gasteiger partial charge in [-0.25, -0.2) is 0 Å². The topological polar surface area (TPSA) is 63.4 Å². The van der Waals surface area contributed by atoms with Crippen LogP contribution in [0.3, 0.4) is 0 Å². The Labute approximate surface area is 126 Å². The summed E-state index contributed by atoms with van der Waals surface area (Å²) in [5.74, 6) is 1.42. The first-order valence-electron chi connectivity index (χ1n) is 8.09. The van der Waals surface area contributed by atoms with Gasteiger partial charge in [-0.3, -0.25) is 4.90 Å². The summed E-state index contributed by atoms with van der Waals surface area (Å²) in [4.78, 5) is 7.06. The first-order valence-corrected chi connectivity index (χ1v) is 8.09.